The Morgan fingerprint density at radius 3 is 1.90 bits per heavy atom. The Labute approximate surface area is 125 Å². The summed E-state index contributed by atoms with van der Waals surface area (Å²) >= 11 is 0. The first-order valence-corrected chi connectivity index (χ1v) is 8.43. The minimum Gasteiger partial charge on any atom is -0.395 e. The first-order chi connectivity index (χ1) is 9.72. The molecule has 20 heavy (non-hydrogen) atoms. The minimum atomic E-state index is -0.719. The Kier molecular flexibility index (Phi) is 14.7. The van der Waals surface area contributed by atoms with Gasteiger partial charge in [0.05, 0.1) is 18.8 Å². The van der Waals surface area contributed by atoms with Gasteiger partial charge in [-0.05, 0) is 12.8 Å². The lowest BCUT2D eigenvalue weighted by atomic mass is 10.1. The van der Waals surface area contributed by atoms with E-state index in [1.165, 1.54) is 64.2 Å². The topological polar surface area (TPSA) is 66.5 Å². The molecule has 2 atom stereocenters. The monoisotopic (exact) mass is 285 g/mol. The number of aliphatic hydroxyl groups excluding tert-OH is 2. The molecule has 4 N–H and O–H groups in total. The van der Waals surface area contributed by atoms with Crippen LogP contribution >= 0.6 is 0 Å². The normalized spacial score (nSPS) is 14.8. The third-order valence-corrected chi connectivity index (χ3v) is 3.71. The van der Waals surface area contributed by atoms with Gasteiger partial charge in [0, 0.05) is 0 Å². The van der Waals surface area contributed by atoms with Crippen molar-refractivity contribution in [2.75, 3.05) is 6.61 Å². The SMILES string of the molecule is CCCCCCCCCCCCC=CC(O)C(N)CO. The summed E-state index contributed by atoms with van der Waals surface area (Å²) in [5.41, 5.74) is 5.50. The second-order valence-electron chi connectivity index (χ2n) is 5.74. The predicted octanol–water partition coefficient (Wildman–Crippen LogP) is 3.53. The molecule has 0 spiro atoms. The molecule has 0 saturated heterocycles. The van der Waals surface area contributed by atoms with Crippen LogP contribution in [0.25, 0.3) is 0 Å². The average Bonchev–Trinajstić information content (AvgIpc) is 2.47. The Morgan fingerprint density at radius 2 is 1.40 bits per heavy atom. The molecule has 0 heterocycles. The second kappa shape index (κ2) is 15.0. The van der Waals surface area contributed by atoms with Crippen LogP contribution in [-0.2, 0) is 0 Å². The van der Waals surface area contributed by atoms with E-state index in [0.29, 0.717) is 0 Å². The maximum atomic E-state index is 9.51. The maximum Gasteiger partial charge on any atom is 0.0894 e. The number of unbranched alkanes of at least 4 members (excludes halogenated alkanes) is 10. The van der Waals surface area contributed by atoms with Crippen molar-refractivity contribution < 1.29 is 10.2 Å². The third kappa shape index (κ3) is 12.6. The summed E-state index contributed by atoms with van der Waals surface area (Å²) < 4.78 is 0. The average molecular weight is 285 g/mol. The molecule has 0 aromatic rings. The zero-order valence-corrected chi connectivity index (χ0v) is 13.3. The molecule has 0 aliphatic carbocycles. The predicted molar refractivity (Wildman–Crippen MR) is 86.7 cm³/mol. The molecule has 0 radical (unpaired) electrons. The standard InChI is InChI=1S/C17H35NO2/c1-2-3-4-5-6-7-8-9-10-11-12-13-14-17(20)16(18)15-19/h13-14,16-17,19-20H,2-12,15,18H2,1H3. The molecule has 3 heteroatoms. The smallest absolute Gasteiger partial charge is 0.0894 e. The molecule has 120 valence electrons. The van der Waals surface area contributed by atoms with Crippen LogP contribution in [0.15, 0.2) is 12.2 Å². The zero-order chi connectivity index (χ0) is 15.1. The summed E-state index contributed by atoms with van der Waals surface area (Å²) in [6.07, 6.45) is 17.4. The van der Waals surface area contributed by atoms with Gasteiger partial charge in [-0.15, -0.1) is 0 Å². The van der Waals surface area contributed by atoms with E-state index in [-0.39, 0.29) is 6.61 Å². The van der Waals surface area contributed by atoms with Crippen molar-refractivity contribution in [1.29, 1.82) is 0 Å². The van der Waals surface area contributed by atoms with E-state index in [2.05, 4.69) is 6.92 Å². The number of hydrogen-bond donors (Lipinski definition) is 3. The van der Waals surface area contributed by atoms with Crippen molar-refractivity contribution in [3.8, 4) is 0 Å². The van der Waals surface area contributed by atoms with Gasteiger partial charge in [0.2, 0.25) is 0 Å². The van der Waals surface area contributed by atoms with Crippen LogP contribution < -0.4 is 5.73 Å². The van der Waals surface area contributed by atoms with Crippen molar-refractivity contribution in [1.82, 2.24) is 0 Å². The molecule has 2 unspecified atom stereocenters. The van der Waals surface area contributed by atoms with Gasteiger partial charge in [0.15, 0.2) is 0 Å². The van der Waals surface area contributed by atoms with Gasteiger partial charge < -0.3 is 15.9 Å². The van der Waals surface area contributed by atoms with E-state index < -0.39 is 12.1 Å². The van der Waals surface area contributed by atoms with Crippen LogP contribution in [0.3, 0.4) is 0 Å². The van der Waals surface area contributed by atoms with Crippen LogP contribution in [0, 0.1) is 0 Å². The largest absolute Gasteiger partial charge is 0.395 e. The Hall–Kier alpha value is -0.380. The molecule has 0 aromatic carbocycles. The summed E-state index contributed by atoms with van der Waals surface area (Å²) in [4.78, 5) is 0. The van der Waals surface area contributed by atoms with Gasteiger partial charge in [-0.1, -0.05) is 76.9 Å². The fraction of sp³-hybridized carbons (Fsp3) is 0.882. The summed E-state index contributed by atoms with van der Waals surface area (Å²) in [6, 6.07) is -0.557. The summed E-state index contributed by atoms with van der Waals surface area (Å²) in [6.45, 7) is 2.08. The number of hydrogen-bond acceptors (Lipinski definition) is 3. The lowest BCUT2D eigenvalue weighted by molar-refractivity contribution is 0.144. The van der Waals surface area contributed by atoms with E-state index in [9.17, 15) is 5.11 Å². The van der Waals surface area contributed by atoms with Crippen molar-refractivity contribution >= 4 is 0 Å². The molecule has 0 fully saturated rings. The summed E-state index contributed by atoms with van der Waals surface area (Å²) in [5, 5.41) is 18.3. The van der Waals surface area contributed by atoms with Crippen LogP contribution in [0.4, 0.5) is 0 Å². The molecule has 0 aromatic heterocycles. The Balaban J connectivity index is 3.22. The quantitative estimate of drug-likeness (QED) is 0.338. The van der Waals surface area contributed by atoms with E-state index >= 15 is 0 Å². The molecular weight excluding hydrogens is 250 g/mol. The van der Waals surface area contributed by atoms with Crippen molar-refractivity contribution in [3.05, 3.63) is 12.2 Å². The van der Waals surface area contributed by atoms with Gasteiger partial charge in [0.1, 0.15) is 0 Å². The van der Waals surface area contributed by atoms with Gasteiger partial charge in [-0.25, -0.2) is 0 Å². The van der Waals surface area contributed by atoms with Gasteiger partial charge in [-0.2, -0.15) is 0 Å². The highest BCUT2D eigenvalue weighted by Gasteiger charge is 2.08. The summed E-state index contributed by atoms with van der Waals surface area (Å²) in [7, 11) is 0. The molecule has 0 rings (SSSR count). The van der Waals surface area contributed by atoms with Crippen LogP contribution in [0.5, 0.6) is 0 Å². The minimum absolute atomic E-state index is 0.177. The lowest BCUT2D eigenvalue weighted by Crippen LogP contribution is -2.36. The van der Waals surface area contributed by atoms with Crippen LogP contribution in [-0.4, -0.2) is 29.0 Å². The molecule has 0 amide bonds. The van der Waals surface area contributed by atoms with Gasteiger partial charge >= 0.3 is 0 Å². The Morgan fingerprint density at radius 1 is 0.900 bits per heavy atom. The first kappa shape index (κ1) is 19.6. The Bertz CT molecular complexity index is 219. The zero-order valence-electron chi connectivity index (χ0n) is 13.3. The molecule has 0 bridgehead atoms. The summed E-state index contributed by atoms with van der Waals surface area (Å²) in [5.74, 6) is 0. The molecule has 0 aliphatic heterocycles. The molecular formula is C17H35NO2. The van der Waals surface area contributed by atoms with E-state index in [4.69, 9.17) is 10.8 Å². The number of aliphatic hydroxyl groups is 2. The van der Waals surface area contributed by atoms with Gasteiger partial charge in [0.25, 0.3) is 0 Å². The van der Waals surface area contributed by atoms with Crippen LogP contribution in [0.1, 0.15) is 77.6 Å². The van der Waals surface area contributed by atoms with Crippen LogP contribution in [0.2, 0.25) is 0 Å². The second-order valence-corrected chi connectivity index (χ2v) is 5.74. The number of nitrogens with two attached hydrogens (primary N) is 1. The molecule has 0 aliphatic rings. The third-order valence-electron chi connectivity index (χ3n) is 3.71. The maximum absolute atomic E-state index is 9.51. The first-order valence-electron chi connectivity index (χ1n) is 8.43. The lowest BCUT2D eigenvalue weighted by Gasteiger charge is -2.11. The number of allylic oxidation sites excluding steroid dienone is 1. The molecule has 0 saturated carbocycles. The fourth-order valence-corrected chi connectivity index (χ4v) is 2.24. The molecule has 3 nitrogen and oxygen atoms in total. The van der Waals surface area contributed by atoms with Crippen molar-refractivity contribution in [3.63, 3.8) is 0 Å². The van der Waals surface area contributed by atoms with Crippen molar-refractivity contribution in [2.24, 2.45) is 5.73 Å². The van der Waals surface area contributed by atoms with E-state index in [1.807, 2.05) is 6.08 Å². The highest BCUT2D eigenvalue weighted by Crippen LogP contribution is 2.11. The van der Waals surface area contributed by atoms with E-state index in [1.54, 1.807) is 6.08 Å². The number of rotatable bonds is 14. The van der Waals surface area contributed by atoms with E-state index in [0.717, 1.165) is 6.42 Å². The van der Waals surface area contributed by atoms with Crippen molar-refractivity contribution in [2.45, 2.75) is 89.7 Å². The van der Waals surface area contributed by atoms with Gasteiger partial charge in [-0.3, -0.25) is 0 Å². The fourth-order valence-electron chi connectivity index (χ4n) is 2.24. The highest BCUT2D eigenvalue weighted by atomic mass is 16.3. The highest BCUT2D eigenvalue weighted by molar-refractivity contribution is 4.93.